The first-order valence-electron chi connectivity index (χ1n) is 5.10. The maximum Gasteiger partial charge on any atom is 0.150 e. The Labute approximate surface area is 106 Å². The summed E-state index contributed by atoms with van der Waals surface area (Å²) in [7, 11) is 0. The second-order valence-corrected chi connectivity index (χ2v) is 5.90. The largest absolute Gasteiger partial charge is 0.316 e. The topological polar surface area (TPSA) is 24.9 Å². The molecule has 0 amide bonds. The summed E-state index contributed by atoms with van der Waals surface area (Å²) in [5.74, 6) is 2.07. The van der Waals surface area contributed by atoms with Gasteiger partial charge in [0, 0.05) is 16.8 Å². The van der Waals surface area contributed by atoms with Crippen molar-refractivity contribution in [3.63, 3.8) is 0 Å². The number of halogens is 1. The Morgan fingerprint density at radius 3 is 3.13 bits per heavy atom. The summed E-state index contributed by atoms with van der Waals surface area (Å²) in [6.07, 6.45) is 2.71. The van der Waals surface area contributed by atoms with Crippen molar-refractivity contribution in [2.75, 3.05) is 18.8 Å². The van der Waals surface area contributed by atoms with Crippen LogP contribution >= 0.6 is 35.5 Å². The molecular formula is C10H17ClN2S2. The Morgan fingerprint density at radius 2 is 2.53 bits per heavy atom. The molecule has 1 aromatic rings. The third-order valence-electron chi connectivity index (χ3n) is 2.44. The number of thioether (sulfide) groups is 1. The van der Waals surface area contributed by atoms with E-state index in [4.69, 9.17) is 0 Å². The number of rotatable bonds is 3. The summed E-state index contributed by atoms with van der Waals surface area (Å²) in [6, 6.07) is 0. The lowest BCUT2D eigenvalue weighted by Gasteiger charge is -2.21. The zero-order valence-electron chi connectivity index (χ0n) is 8.86. The Bertz CT molecular complexity index is 285. The van der Waals surface area contributed by atoms with Gasteiger partial charge in [0.15, 0.2) is 0 Å². The molecule has 1 N–H and O–H groups in total. The van der Waals surface area contributed by atoms with Gasteiger partial charge in [-0.25, -0.2) is 4.98 Å². The fourth-order valence-corrected chi connectivity index (χ4v) is 3.67. The highest BCUT2D eigenvalue weighted by atomic mass is 35.5. The van der Waals surface area contributed by atoms with Gasteiger partial charge in [-0.3, -0.25) is 0 Å². The van der Waals surface area contributed by atoms with Gasteiger partial charge >= 0.3 is 0 Å². The van der Waals surface area contributed by atoms with Crippen LogP contribution < -0.4 is 5.32 Å². The number of nitrogens with zero attached hydrogens (tertiary/aromatic N) is 1. The number of hydrogen-bond acceptors (Lipinski definition) is 4. The summed E-state index contributed by atoms with van der Waals surface area (Å²) >= 11 is 3.68. The van der Waals surface area contributed by atoms with Crippen LogP contribution in [-0.4, -0.2) is 23.8 Å². The van der Waals surface area contributed by atoms with Crippen LogP contribution in [0.5, 0.6) is 0 Å². The van der Waals surface area contributed by atoms with Crippen molar-refractivity contribution in [1.82, 2.24) is 10.3 Å². The lowest BCUT2D eigenvalue weighted by atomic mass is 10.0. The fourth-order valence-electron chi connectivity index (χ4n) is 1.65. The van der Waals surface area contributed by atoms with Crippen LogP contribution in [0.1, 0.15) is 18.5 Å². The number of aryl methyl sites for hydroxylation is 1. The first-order valence-corrected chi connectivity index (χ1v) is 6.97. The third-order valence-corrected chi connectivity index (χ3v) is 4.81. The predicted molar refractivity (Wildman–Crippen MR) is 70.4 cm³/mol. The monoisotopic (exact) mass is 264 g/mol. The second kappa shape index (κ2) is 6.74. The molecule has 1 atom stereocenters. The van der Waals surface area contributed by atoms with Gasteiger partial charge in [-0.15, -0.1) is 23.7 Å². The lowest BCUT2D eigenvalue weighted by Crippen LogP contribution is -2.30. The Morgan fingerprint density at radius 1 is 1.67 bits per heavy atom. The number of hydrogen-bond donors (Lipinski definition) is 1. The van der Waals surface area contributed by atoms with Crippen LogP contribution in [0.4, 0.5) is 0 Å². The molecule has 1 aromatic heterocycles. The smallest absolute Gasteiger partial charge is 0.150 e. The molecular weight excluding hydrogens is 248 g/mol. The molecule has 2 heterocycles. The molecule has 0 spiro atoms. The molecule has 0 aliphatic carbocycles. The normalized spacial score (nSPS) is 21.0. The number of piperidine rings is 1. The maximum absolute atomic E-state index is 4.46. The Hall–Kier alpha value is 0.230. The third kappa shape index (κ3) is 4.31. The molecule has 1 unspecified atom stereocenters. The van der Waals surface area contributed by atoms with Gasteiger partial charge in [-0.1, -0.05) is 11.8 Å². The van der Waals surface area contributed by atoms with E-state index in [0.717, 1.165) is 11.6 Å². The Balaban J connectivity index is 0.00000112. The van der Waals surface area contributed by atoms with Crippen molar-refractivity contribution in [3.8, 4) is 0 Å². The standard InChI is InChI=1S/C10H16N2S2.ClH/c1-8-6-13-10(12-8)14-7-9-3-2-4-11-5-9;/h6,9,11H,2-5,7H2,1H3;1H. The quantitative estimate of drug-likeness (QED) is 0.850. The average molecular weight is 265 g/mol. The van der Waals surface area contributed by atoms with Crippen molar-refractivity contribution < 1.29 is 0 Å². The van der Waals surface area contributed by atoms with E-state index in [1.165, 1.54) is 36.0 Å². The first kappa shape index (κ1) is 13.3. The van der Waals surface area contributed by atoms with E-state index >= 15 is 0 Å². The number of nitrogens with one attached hydrogen (secondary N) is 1. The highest BCUT2D eigenvalue weighted by Crippen LogP contribution is 2.26. The molecule has 1 fully saturated rings. The summed E-state index contributed by atoms with van der Waals surface area (Å²) in [6.45, 7) is 4.46. The van der Waals surface area contributed by atoms with Crippen LogP contribution in [0.2, 0.25) is 0 Å². The van der Waals surface area contributed by atoms with Crippen LogP contribution in [0.15, 0.2) is 9.72 Å². The van der Waals surface area contributed by atoms with Crippen molar-refractivity contribution in [2.24, 2.45) is 5.92 Å². The first-order chi connectivity index (χ1) is 6.84. The van der Waals surface area contributed by atoms with Crippen molar-refractivity contribution >= 4 is 35.5 Å². The molecule has 2 nitrogen and oxygen atoms in total. The van der Waals surface area contributed by atoms with E-state index in [0.29, 0.717) is 0 Å². The molecule has 5 heteroatoms. The molecule has 1 saturated heterocycles. The van der Waals surface area contributed by atoms with E-state index in [-0.39, 0.29) is 12.4 Å². The highest BCUT2D eigenvalue weighted by molar-refractivity contribution is 8.01. The van der Waals surface area contributed by atoms with Crippen molar-refractivity contribution in [2.45, 2.75) is 24.1 Å². The Kier molecular flexibility index (Phi) is 5.97. The van der Waals surface area contributed by atoms with Gasteiger partial charge in [-0.2, -0.15) is 0 Å². The molecule has 86 valence electrons. The van der Waals surface area contributed by atoms with E-state index in [1.54, 1.807) is 11.3 Å². The second-order valence-electron chi connectivity index (χ2n) is 3.78. The minimum Gasteiger partial charge on any atom is -0.316 e. The minimum absolute atomic E-state index is 0. The fraction of sp³-hybridized carbons (Fsp3) is 0.700. The van der Waals surface area contributed by atoms with E-state index in [1.807, 2.05) is 11.8 Å². The van der Waals surface area contributed by atoms with Crippen LogP contribution in [-0.2, 0) is 0 Å². The summed E-state index contributed by atoms with van der Waals surface area (Å²) in [5, 5.41) is 5.57. The molecule has 2 rings (SSSR count). The summed E-state index contributed by atoms with van der Waals surface area (Å²) < 4.78 is 1.23. The average Bonchev–Trinajstić information content (AvgIpc) is 2.63. The van der Waals surface area contributed by atoms with Crippen LogP contribution in [0, 0.1) is 12.8 Å². The maximum atomic E-state index is 4.46. The molecule has 0 aromatic carbocycles. The molecule has 15 heavy (non-hydrogen) atoms. The SMILES string of the molecule is Cc1csc(SCC2CCCNC2)n1.Cl. The van der Waals surface area contributed by atoms with E-state index in [9.17, 15) is 0 Å². The van der Waals surface area contributed by atoms with E-state index in [2.05, 4.69) is 22.6 Å². The molecule has 0 saturated carbocycles. The van der Waals surface area contributed by atoms with Crippen LogP contribution in [0.3, 0.4) is 0 Å². The van der Waals surface area contributed by atoms with Crippen molar-refractivity contribution in [1.29, 1.82) is 0 Å². The van der Waals surface area contributed by atoms with Crippen molar-refractivity contribution in [3.05, 3.63) is 11.1 Å². The van der Waals surface area contributed by atoms with Crippen LogP contribution in [0.25, 0.3) is 0 Å². The van der Waals surface area contributed by atoms with Gasteiger partial charge < -0.3 is 5.32 Å². The zero-order valence-corrected chi connectivity index (χ0v) is 11.3. The summed E-state index contributed by atoms with van der Waals surface area (Å²) in [4.78, 5) is 4.46. The van der Waals surface area contributed by atoms with Gasteiger partial charge in [-0.05, 0) is 38.8 Å². The van der Waals surface area contributed by atoms with Gasteiger partial charge in [0.1, 0.15) is 4.34 Å². The van der Waals surface area contributed by atoms with Gasteiger partial charge in [0.05, 0.1) is 0 Å². The summed E-state index contributed by atoms with van der Waals surface area (Å²) in [5.41, 5.74) is 1.15. The molecule has 1 aliphatic heterocycles. The molecule has 0 bridgehead atoms. The van der Waals surface area contributed by atoms with Gasteiger partial charge in [0.2, 0.25) is 0 Å². The predicted octanol–water partition coefficient (Wildman–Crippen LogP) is 2.97. The van der Waals surface area contributed by atoms with Gasteiger partial charge in [0.25, 0.3) is 0 Å². The lowest BCUT2D eigenvalue weighted by molar-refractivity contribution is 0.410. The molecule has 1 aliphatic rings. The zero-order chi connectivity index (χ0) is 9.80. The highest BCUT2D eigenvalue weighted by Gasteiger charge is 2.13. The van der Waals surface area contributed by atoms with E-state index < -0.39 is 0 Å². The molecule has 0 radical (unpaired) electrons. The number of thiazole rings is 1. The number of aromatic nitrogens is 1. The minimum atomic E-state index is 0.